The Labute approximate surface area is 189 Å². The molecule has 0 aromatic heterocycles. The number of carbonyl (C=O) groups excluding carboxylic acids is 2. The van der Waals surface area contributed by atoms with Gasteiger partial charge in [0.25, 0.3) is 0 Å². The second-order valence-corrected chi connectivity index (χ2v) is 9.21. The molecule has 0 saturated heterocycles. The van der Waals surface area contributed by atoms with E-state index in [1.54, 1.807) is 18.2 Å². The van der Waals surface area contributed by atoms with Crippen LogP contribution in [0.3, 0.4) is 0 Å². The van der Waals surface area contributed by atoms with Crippen LogP contribution in [-0.4, -0.2) is 53.0 Å². The Morgan fingerprint density at radius 3 is 2.75 bits per heavy atom. The number of allylic oxidation sites excluding steroid dienone is 5. The highest BCUT2D eigenvalue weighted by atomic mass is 16.5. The summed E-state index contributed by atoms with van der Waals surface area (Å²) < 4.78 is 5.34. The van der Waals surface area contributed by atoms with Gasteiger partial charge in [-0.05, 0) is 69.1 Å². The lowest BCUT2D eigenvalue weighted by Crippen LogP contribution is -2.49. The maximum absolute atomic E-state index is 13.3. The summed E-state index contributed by atoms with van der Waals surface area (Å²) in [5, 5.41) is 20.8. The second kappa shape index (κ2) is 10.2. The summed E-state index contributed by atoms with van der Waals surface area (Å²) in [7, 11) is 0. The molecule has 0 radical (unpaired) electrons. The summed E-state index contributed by atoms with van der Waals surface area (Å²) in [4.78, 5) is 27.5. The summed E-state index contributed by atoms with van der Waals surface area (Å²) in [6.45, 7) is 0.656. The molecule has 3 unspecified atom stereocenters. The number of hydrogen-bond donors (Lipinski definition) is 3. The SMILES string of the molecule is N=C1CCC(N(C(=O)C2C=CC(O)=CC2)C2CC2)CC1CNC(=O)OCC1=CC=CCC1. The van der Waals surface area contributed by atoms with Crippen LogP contribution in [0.2, 0.25) is 0 Å². The minimum absolute atomic E-state index is 0.0824. The van der Waals surface area contributed by atoms with Crippen molar-refractivity contribution >= 4 is 17.7 Å². The average Bonchev–Trinajstić information content (AvgIpc) is 3.64. The maximum Gasteiger partial charge on any atom is 0.407 e. The Balaban J connectivity index is 1.30. The molecule has 7 heteroatoms. The van der Waals surface area contributed by atoms with Crippen LogP contribution in [0.4, 0.5) is 4.79 Å². The Kier molecular flexibility index (Phi) is 7.12. The van der Waals surface area contributed by atoms with Gasteiger partial charge in [0.2, 0.25) is 5.91 Å². The number of nitrogens with one attached hydrogen (secondary N) is 2. The lowest BCUT2D eigenvalue weighted by atomic mass is 9.82. The van der Waals surface area contributed by atoms with Gasteiger partial charge in [-0.2, -0.15) is 0 Å². The van der Waals surface area contributed by atoms with E-state index in [1.165, 1.54) is 0 Å². The molecule has 172 valence electrons. The van der Waals surface area contributed by atoms with Crippen molar-refractivity contribution in [2.75, 3.05) is 13.2 Å². The van der Waals surface area contributed by atoms with Crippen LogP contribution < -0.4 is 5.32 Å². The van der Waals surface area contributed by atoms with Gasteiger partial charge in [-0.3, -0.25) is 4.79 Å². The fourth-order valence-electron chi connectivity index (χ4n) is 4.76. The Morgan fingerprint density at radius 1 is 1.22 bits per heavy atom. The molecule has 4 rings (SSSR count). The van der Waals surface area contributed by atoms with Crippen LogP contribution in [0.1, 0.15) is 51.4 Å². The van der Waals surface area contributed by atoms with E-state index < -0.39 is 6.09 Å². The Bertz CT molecular complexity index is 868. The van der Waals surface area contributed by atoms with Crippen molar-refractivity contribution in [1.82, 2.24) is 10.2 Å². The van der Waals surface area contributed by atoms with E-state index in [0.717, 1.165) is 37.7 Å². The number of amides is 2. The maximum atomic E-state index is 13.3. The number of aliphatic hydroxyl groups excluding tert-OH is 1. The number of hydrogen-bond acceptors (Lipinski definition) is 5. The van der Waals surface area contributed by atoms with Crippen molar-refractivity contribution in [3.63, 3.8) is 0 Å². The standard InChI is InChI=1S/C25H33N3O4/c26-23-13-10-21(28(20-8-9-20)24(30)18-6-11-22(29)12-7-18)14-19(23)15-27-25(31)32-16-17-4-2-1-3-5-17/h1-2,4,6,11-12,18-21,26,29H,3,5,7-10,13-16H2,(H,27,31). The minimum Gasteiger partial charge on any atom is -0.508 e. The van der Waals surface area contributed by atoms with Crippen LogP contribution in [0.15, 0.2) is 47.8 Å². The smallest absolute Gasteiger partial charge is 0.407 e. The normalized spacial score (nSPS) is 27.4. The summed E-state index contributed by atoms with van der Waals surface area (Å²) >= 11 is 0. The molecule has 2 fully saturated rings. The highest BCUT2D eigenvalue weighted by Gasteiger charge is 2.42. The van der Waals surface area contributed by atoms with Gasteiger partial charge in [0.15, 0.2) is 0 Å². The van der Waals surface area contributed by atoms with Crippen LogP contribution in [-0.2, 0) is 9.53 Å². The summed E-state index contributed by atoms with van der Waals surface area (Å²) in [5.41, 5.74) is 1.74. The monoisotopic (exact) mass is 439 g/mol. The van der Waals surface area contributed by atoms with E-state index in [9.17, 15) is 14.7 Å². The summed E-state index contributed by atoms with van der Waals surface area (Å²) in [6, 6.07) is 0.364. The highest BCUT2D eigenvalue weighted by Crippen LogP contribution is 2.36. The largest absolute Gasteiger partial charge is 0.508 e. The van der Waals surface area contributed by atoms with Crippen molar-refractivity contribution in [3.05, 3.63) is 47.8 Å². The zero-order valence-electron chi connectivity index (χ0n) is 18.5. The van der Waals surface area contributed by atoms with Gasteiger partial charge >= 0.3 is 6.09 Å². The second-order valence-electron chi connectivity index (χ2n) is 9.21. The predicted octanol–water partition coefficient (Wildman–Crippen LogP) is 4.19. The van der Waals surface area contributed by atoms with Gasteiger partial charge < -0.3 is 25.5 Å². The molecule has 7 nitrogen and oxygen atoms in total. The predicted molar refractivity (Wildman–Crippen MR) is 122 cm³/mol. The van der Waals surface area contributed by atoms with Crippen LogP contribution in [0.5, 0.6) is 0 Å². The number of nitrogens with zero attached hydrogens (tertiary/aromatic N) is 1. The third kappa shape index (κ3) is 5.69. The number of alkyl carbamates (subject to hydrolysis) is 1. The third-order valence-electron chi connectivity index (χ3n) is 6.76. The fourth-order valence-corrected chi connectivity index (χ4v) is 4.76. The van der Waals surface area contributed by atoms with Crippen molar-refractivity contribution in [1.29, 1.82) is 5.41 Å². The zero-order chi connectivity index (χ0) is 22.5. The molecule has 4 aliphatic carbocycles. The van der Waals surface area contributed by atoms with E-state index in [0.29, 0.717) is 38.1 Å². The van der Waals surface area contributed by atoms with Crippen molar-refractivity contribution in [2.45, 2.75) is 63.5 Å². The molecular formula is C25H33N3O4. The zero-order valence-corrected chi connectivity index (χ0v) is 18.5. The molecule has 32 heavy (non-hydrogen) atoms. The molecular weight excluding hydrogens is 406 g/mol. The average molecular weight is 440 g/mol. The molecule has 3 N–H and O–H groups in total. The molecule has 3 atom stereocenters. The first-order chi connectivity index (χ1) is 15.5. The fraction of sp³-hybridized carbons (Fsp3) is 0.560. The number of rotatable bonds is 7. The van der Waals surface area contributed by atoms with Crippen molar-refractivity contribution in [2.24, 2.45) is 11.8 Å². The number of carbonyl (C=O) groups is 2. The molecule has 0 aromatic rings. The molecule has 0 heterocycles. The van der Waals surface area contributed by atoms with Crippen molar-refractivity contribution in [3.8, 4) is 0 Å². The van der Waals surface area contributed by atoms with Crippen LogP contribution in [0.25, 0.3) is 0 Å². The number of ether oxygens (including phenoxy) is 1. The van der Waals surface area contributed by atoms with Gasteiger partial charge in [0.05, 0.1) is 5.92 Å². The van der Waals surface area contributed by atoms with E-state index in [2.05, 4.69) is 11.4 Å². The van der Waals surface area contributed by atoms with Gasteiger partial charge in [0.1, 0.15) is 12.4 Å². The summed E-state index contributed by atoms with van der Waals surface area (Å²) in [5.74, 6) is 0.0145. The highest BCUT2D eigenvalue weighted by molar-refractivity contribution is 5.86. The number of aliphatic hydroxyl groups is 1. The van der Waals surface area contributed by atoms with Gasteiger partial charge in [-0.25, -0.2) is 4.79 Å². The van der Waals surface area contributed by atoms with Gasteiger partial charge in [-0.1, -0.05) is 24.3 Å². The first-order valence-electron chi connectivity index (χ1n) is 11.7. The van der Waals surface area contributed by atoms with Gasteiger partial charge in [0, 0.05) is 30.3 Å². The molecule has 2 saturated carbocycles. The van der Waals surface area contributed by atoms with E-state index in [4.69, 9.17) is 10.1 Å². The quantitative estimate of drug-likeness (QED) is 0.553. The third-order valence-corrected chi connectivity index (χ3v) is 6.76. The van der Waals surface area contributed by atoms with Crippen LogP contribution in [0, 0.1) is 17.2 Å². The topological polar surface area (TPSA) is 103 Å². The molecule has 0 aliphatic heterocycles. The Morgan fingerprint density at radius 2 is 2.06 bits per heavy atom. The molecule has 0 aromatic carbocycles. The van der Waals surface area contributed by atoms with Gasteiger partial charge in [-0.15, -0.1) is 0 Å². The first kappa shape index (κ1) is 22.4. The molecule has 0 spiro atoms. The molecule has 2 amide bonds. The minimum atomic E-state index is -0.454. The lowest BCUT2D eigenvalue weighted by Gasteiger charge is -2.39. The van der Waals surface area contributed by atoms with Crippen molar-refractivity contribution < 1.29 is 19.4 Å². The first-order valence-corrected chi connectivity index (χ1v) is 11.7. The summed E-state index contributed by atoms with van der Waals surface area (Å²) in [6.07, 6.45) is 17.3. The molecule has 4 aliphatic rings. The van der Waals surface area contributed by atoms with E-state index in [1.807, 2.05) is 17.1 Å². The van der Waals surface area contributed by atoms with E-state index in [-0.39, 0.29) is 35.6 Å². The lowest BCUT2D eigenvalue weighted by molar-refractivity contribution is -0.137. The molecule has 0 bridgehead atoms. The van der Waals surface area contributed by atoms with Crippen LogP contribution >= 0.6 is 0 Å². The Hall–Kier alpha value is -2.83. The van der Waals surface area contributed by atoms with E-state index >= 15 is 0 Å².